The summed E-state index contributed by atoms with van der Waals surface area (Å²) in [5.74, 6) is 1.62. The highest BCUT2D eigenvalue weighted by molar-refractivity contribution is 5.37. The molecule has 2 fully saturated rings. The number of anilines is 2. The monoisotopic (exact) mass is 393 g/mol. The SMILES string of the molecule is CO[C@@H]1C[C@H]2CN(c3nccc(C(F)(F)F)n3)C[C@H]2C[C@H]1Nc1ccccn1. The normalized spacial score (nSPS) is 27.5. The van der Waals surface area contributed by atoms with Crippen molar-refractivity contribution in [2.75, 3.05) is 30.4 Å². The Kier molecular flexibility index (Phi) is 5.09. The van der Waals surface area contributed by atoms with Crippen LogP contribution in [0.25, 0.3) is 0 Å². The molecule has 1 saturated carbocycles. The van der Waals surface area contributed by atoms with E-state index in [2.05, 4.69) is 20.3 Å². The second kappa shape index (κ2) is 7.54. The molecule has 6 nitrogen and oxygen atoms in total. The van der Waals surface area contributed by atoms with Gasteiger partial charge in [0.05, 0.1) is 12.1 Å². The van der Waals surface area contributed by atoms with E-state index >= 15 is 0 Å². The van der Waals surface area contributed by atoms with Crippen LogP contribution in [0.2, 0.25) is 0 Å². The zero-order valence-electron chi connectivity index (χ0n) is 15.4. The van der Waals surface area contributed by atoms with Crippen molar-refractivity contribution in [2.24, 2.45) is 11.8 Å². The first-order valence-corrected chi connectivity index (χ1v) is 9.29. The smallest absolute Gasteiger partial charge is 0.379 e. The van der Waals surface area contributed by atoms with Gasteiger partial charge in [-0.3, -0.25) is 0 Å². The molecule has 0 amide bonds. The zero-order valence-corrected chi connectivity index (χ0v) is 15.4. The number of ether oxygens (including phenoxy) is 1. The Bertz CT molecular complexity index is 804. The van der Waals surface area contributed by atoms with Gasteiger partial charge < -0.3 is 15.0 Å². The maximum absolute atomic E-state index is 13.0. The average molecular weight is 393 g/mol. The topological polar surface area (TPSA) is 63.2 Å². The van der Waals surface area contributed by atoms with Crippen LogP contribution in [0, 0.1) is 11.8 Å². The number of rotatable bonds is 4. The van der Waals surface area contributed by atoms with Crippen LogP contribution in [0.15, 0.2) is 36.7 Å². The van der Waals surface area contributed by atoms with Gasteiger partial charge in [0.2, 0.25) is 5.95 Å². The van der Waals surface area contributed by atoms with E-state index in [1.165, 1.54) is 6.20 Å². The molecular formula is C19H22F3N5O. The van der Waals surface area contributed by atoms with Crippen molar-refractivity contribution in [1.29, 1.82) is 0 Å². The van der Waals surface area contributed by atoms with Crippen LogP contribution >= 0.6 is 0 Å². The summed E-state index contributed by atoms with van der Waals surface area (Å²) in [5.41, 5.74) is -0.906. The fraction of sp³-hybridized carbons (Fsp3) is 0.526. The third-order valence-corrected chi connectivity index (χ3v) is 5.63. The number of halogens is 3. The van der Waals surface area contributed by atoms with Crippen LogP contribution in [-0.2, 0) is 10.9 Å². The number of nitrogens with one attached hydrogen (secondary N) is 1. The molecule has 1 aliphatic carbocycles. The Morgan fingerprint density at radius 2 is 1.86 bits per heavy atom. The Balaban J connectivity index is 1.48. The maximum atomic E-state index is 13.0. The molecule has 2 aromatic heterocycles. The van der Waals surface area contributed by atoms with Crippen molar-refractivity contribution < 1.29 is 17.9 Å². The lowest BCUT2D eigenvalue weighted by Crippen LogP contribution is -2.44. The van der Waals surface area contributed by atoms with Gasteiger partial charge in [0.1, 0.15) is 11.5 Å². The molecule has 2 aromatic rings. The van der Waals surface area contributed by atoms with Gasteiger partial charge >= 0.3 is 6.18 Å². The number of hydrogen-bond acceptors (Lipinski definition) is 6. The predicted molar refractivity (Wildman–Crippen MR) is 97.9 cm³/mol. The standard InChI is InChI=1S/C19H22F3N5O/c1-28-15-9-13-11-27(18-24-7-5-16(26-18)19(20,21)22)10-12(13)8-14(15)25-17-4-2-3-6-23-17/h2-7,12-15H,8-11H2,1H3,(H,23,25)/t12-,13+,14-,15-/m1/s1. The number of hydrogen-bond donors (Lipinski definition) is 1. The minimum atomic E-state index is -4.47. The summed E-state index contributed by atoms with van der Waals surface area (Å²) in [5, 5.41) is 3.44. The molecule has 2 aliphatic rings. The highest BCUT2D eigenvalue weighted by Crippen LogP contribution is 2.39. The van der Waals surface area contributed by atoms with Gasteiger partial charge in [0.15, 0.2) is 0 Å². The molecule has 4 rings (SSSR count). The first-order chi connectivity index (χ1) is 13.4. The van der Waals surface area contributed by atoms with E-state index < -0.39 is 11.9 Å². The molecule has 3 heterocycles. The number of fused-ring (bicyclic) bond motifs is 1. The van der Waals surface area contributed by atoms with E-state index in [4.69, 9.17) is 4.74 Å². The summed E-state index contributed by atoms with van der Waals surface area (Å²) in [6.45, 7) is 1.28. The van der Waals surface area contributed by atoms with E-state index in [0.717, 1.165) is 24.7 Å². The molecule has 1 N–H and O–H groups in total. The van der Waals surface area contributed by atoms with Crippen LogP contribution in [0.5, 0.6) is 0 Å². The van der Waals surface area contributed by atoms with E-state index in [0.29, 0.717) is 24.9 Å². The fourth-order valence-corrected chi connectivity index (χ4v) is 4.29. The number of nitrogens with zero attached hydrogens (tertiary/aromatic N) is 4. The Labute approximate surface area is 161 Å². The summed E-state index contributed by atoms with van der Waals surface area (Å²) < 4.78 is 44.6. The van der Waals surface area contributed by atoms with Gasteiger partial charge in [-0.05, 0) is 42.9 Å². The first-order valence-electron chi connectivity index (χ1n) is 9.29. The summed E-state index contributed by atoms with van der Waals surface area (Å²) in [6.07, 6.45) is 0.152. The summed E-state index contributed by atoms with van der Waals surface area (Å²) in [7, 11) is 1.70. The molecule has 150 valence electrons. The minimum Gasteiger partial charge on any atom is -0.379 e. The second-order valence-corrected chi connectivity index (χ2v) is 7.38. The quantitative estimate of drug-likeness (QED) is 0.861. The van der Waals surface area contributed by atoms with Crippen LogP contribution in [0.4, 0.5) is 24.9 Å². The molecular weight excluding hydrogens is 371 g/mol. The van der Waals surface area contributed by atoms with Gasteiger partial charge in [0, 0.05) is 32.6 Å². The summed E-state index contributed by atoms with van der Waals surface area (Å²) >= 11 is 0. The number of alkyl halides is 3. The predicted octanol–water partition coefficient (Wildman–Crippen LogP) is 3.23. The van der Waals surface area contributed by atoms with Gasteiger partial charge in [-0.2, -0.15) is 13.2 Å². The number of pyridine rings is 1. The molecule has 0 spiro atoms. The molecule has 9 heteroatoms. The van der Waals surface area contributed by atoms with Crippen molar-refractivity contribution in [2.45, 2.75) is 31.2 Å². The second-order valence-electron chi connectivity index (χ2n) is 7.38. The molecule has 0 radical (unpaired) electrons. The molecule has 0 bridgehead atoms. The Morgan fingerprint density at radius 1 is 1.07 bits per heavy atom. The van der Waals surface area contributed by atoms with Gasteiger partial charge in [-0.15, -0.1) is 0 Å². The lowest BCUT2D eigenvalue weighted by molar-refractivity contribution is -0.141. The lowest BCUT2D eigenvalue weighted by Gasteiger charge is -2.37. The number of aromatic nitrogens is 3. The van der Waals surface area contributed by atoms with Crippen molar-refractivity contribution in [3.05, 3.63) is 42.4 Å². The zero-order chi connectivity index (χ0) is 19.7. The third-order valence-electron chi connectivity index (χ3n) is 5.63. The molecule has 0 unspecified atom stereocenters. The van der Waals surface area contributed by atoms with E-state index in [1.807, 2.05) is 23.1 Å². The highest BCUT2D eigenvalue weighted by atomic mass is 19.4. The minimum absolute atomic E-state index is 0.0191. The van der Waals surface area contributed by atoms with Crippen molar-refractivity contribution in [1.82, 2.24) is 15.0 Å². The lowest BCUT2D eigenvalue weighted by atomic mass is 9.77. The Morgan fingerprint density at radius 3 is 2.54 bits per heavy atom. The van der Waals surface area contributed by atoms with Crippen LogP contribution in [0.1, 0.15) is 18.5 Å². The molecule has 1 saturated heterocycles. The molecule has 4 atom stereocenters. The van der Waals surface area contributed by atoms with Gasteiger partial charge in [-0.25, -0.2) is 15.0 Å². The number of methoxy groups -OCH3 is 1. The van der Waals surface area contributed by atoms with E-state index in [9.17, 15) is 13.2 Å². The van der Waals surface area contributed by atoms with Crippen molar-refractivity contribution in [3.63, 3.8) is 0 Å². The maximum Gasteiger partial charge on any atom is 0.433 e. The third kappa shape index (κ3) is 3.89. The van der Waals surface area contributed by atoms with E-state index in [1.54, 1.807) is 13.3 Å². The molecule has 1 aliphatic heterocycles. The van der Waals surface area contributed by atoms with Crippen LogP contribution < -0.4 is 10.2 Å². The van der Waals surface area contributed by atoms with Gasteiger partial charge in [0.25, 0.3) is 0 Å². The summed E-state index contributed by atoms with van der Waals surface area (Å²) in [4.78, 5) is 14.0. The Hall–Kier alpha value is -2.42. The fourth-order valence-electron chi connectivity index (χ4n) is 4.29. The highest BCUT2D eigenvalue weighted by Gasteiger charge is 2.43. The van der Waals surface area contributed by atoms with E-state index in [-0.39, 0.29) is 18.1 Å². The van der Waals surface area contributed by atoms with Crippen molar-refractivity contribution in [3.8, 4) is 0 Å². The van der Waals surface area contributed by atoms with Crippen molar-refractivity contribution >= 4 is 11.8 Å². The van der Waals surface area contributed by atoms with Gasteiger partial charge in [-0.1, -0.05) is 6.07 Å². The largest absolute Gasteiger partial charge is 0.433 e. The molecule has 0 aromatic carbocycles. The van der Waals surface area contributed by atoms with Crippen LogP contribution in [0.3, 0.4) is 0 Å². The first kappa shape index (κ1) is 18.9. The summed E-state index contributed by atoms with van der Waals surface area (Å²) in [6, 6.07) is 6.70. The molecule has 28 heavy (non-hydrogen) atoms. The van der Waals surface area contributed by atoms with Crippen LogP contribution in [-0.4, -0.2) is 47.3 Å². The average Bonchev–Trinajstić information content (AvgIpc) is 3.10.